The van der Waals surface area contributed by atoms with Gasteiger partial charge in [0.15, 0.2) is 0 Å². The van der Waals surface area contributed by atoms with Crippen LogP contribution in [-0.2, 0) is 16.2 Å². The molecule has 1 aromatic carbocycles. The fraction of sp³-hybridized carbons (Fsp3) is 0.500. The zero-order valence-electron chi connectivity index (χ0n) is 12.4. The Hall–Kier alpha value is -1.63. The largest absolute Gasteiger partial charge is 0.417 e. The Bertz CT molecular complexity index is 726. The Morgan fingerprint density at radius 3 is 2.65 bits per heavy atom. The van der Waals surface area contributed by atoms with Crippen LogP contribution in [-0.4, -0.2) is 38.9 Å². The molecule has 1 fully saturated rings. The number of sulfonamides is 1. The number of piperidine rings is 1. The van der Waals surface area contributed by atoms with E-state index < -0.39 is 32.2 Å². The summed E-state index contributed by atoms with van der Waals surface area (Å²) in [7, 11) is -2.32. The lowest BCUT2D eigenvalue weighted by Gasteiger charge is -2.31. The molecule has 1 aliphatic rings. The highest BCUT2D eigenvalue weighted by molar-refractivity contribution is 7.89. The molecule has 0 amide bonds. The molecule has 1 aliphatic heterocycles. The summed E-state index contributed by atoms with van der Waals surface area (Å²) in [6.07, 6.45) is -3.34. The maximum atomic E-state index is 13.0. The van der Waals surface area contributed by atoms with E-state index in [-0.39, 0.29) is 19.1 Å². The Morgan fingerprint density at radius 1 is 1.39 bits per heavy atom. The highest BCUT2D eigenvalue weighted by Gasteiger charge is 2.36. The number of nitrogens with one attached hydrogen (secondary N) is 1. The van der Waals surface area contributed by atoms with Crippen molar-refractivity contribution in [2.75, 3.05) is 20.1 Å². The van der Waals surface area contributed by atoms with E-state index in [1.165, 1.54) is 10.4 Å². The van der Waals surface area contributed by atoms with Crippen LogP contribution in [0.2, 0.25) is 0 Å². The Morgan fingerprint density at radius 2 is 2.09 bits per heavy atom. The van der Waals surface area contributed by atoms with Crippen LogP contribution in [0.5, 0.6) is 0 Å². The third-order valence-corrected chi connectivity index (χ3v) is 5.71. The fourth-order valence-corrected chi connectivity index (χ4v) is 4.11. The van der Waals surface area contributed by atoms with Gasteiger partial charge < -0.3 is 5.32 Å². The van der Waals surface area contributed by atoms with Crippen molar-refractivity contribution in [1.82, 2.24) is 9.62 Å². The minimum absolute atomic E-state index is 0.0287. The van der Waals surface area contributed by atoms with Crippen molar-refractivity contribution >= 4 is 10.0 Å². The molecule has 9 heteroatoms. The monoisotopic (exact) mass is 347 g/mol. The van der Waals surface area contributed by atoms with Crippen LogP contribution in [0, 0.1) is 11.3 Å². The molecule has 0 aliphatic carbocycles. The van der Waals surface area contributed by atoms with Crippen molar-refractivity contribution < 1.29 is 21.6 Å². The summed E-state index contributed by atoms with van der Waals surface area (Å²) in [6.45, 7) is 0.474. The second kappa shape index (κ2) is 6.47. The molecule has 0 saturated carbocycles. The second-order valence-electron chi connectivity index (χ2n) is 5.31. The number of rotatable bonds is 3. The van der Waals surface area contributed by atoms with E-state index in [9.17, 15) is 21.6 Å². The maximum absolute atomic E-state index is 13.0. The lowest BCUT2D eigenvalue weighted by Crippen LogP contribution is -2.46. The first kappa shape index (κ1) is 17.7. The van der Waals surface area contributed by atoms with Gasteiger partial charge in [-0.3, -0.25) is 0 Å². The number of nitrogens with zero attached hydrogens (tertiary/aromatic N) is 2. The molecule has 1 unspecified atom stereocenters. The van der Waals surface area contributed by atoms with Crippen LogP contribution < -0.4 is 5.32 Å². The summed E-state index contributed by atoms with van der Waals surface area (Å²) >= 11 is 0. The van der Waals surface area contributed by atoms with Crippen molar-refractivity contribution in [3.05, 3.63) is 29.3 Å². The highest BCUT2D eigenvalue weighted by atomic mass is 32.2. The van der Waals surface area contributed by atoms with Crippen LogP contribution in [0.25, 0.3) is 0 Å². The number of hydrogen-bond donors (Lipinski definition) is 1. The molecule has 0 aromatic heterocycles. The van der Waals surface area contributed by atoms with Crippen molar-refractivity contribution in [3.8, 4) is 6.07 Å². The average molecular weight is 347 g/mol. The molecule has 1 aromatic rings. The summed E-state index contributed by atoms with van der Waals surface area (Å²) in [6, 6.07) is 3.89. The normalized spacial score (nSPS) is 20.2. The van der Waals surface area contributed by atoms with Crippen LogP contribution in [0.4, 0.5) is 13.2 Å². The van der Waals surface area contributed by atoms with Crippen molar-refractivity contribution in [2.24, 2.45) is 0 Å². The Balaban J connectivity index is 2.43. The van der Waals surface area contributed by atoms with Gasteiger partial charge >= 0.3 is 6.18 Å². The maximum Gasteiger partial charge on any atom is 0.417 e. The number of alkyl halides is 3. The van der Waals surface area contributed by atoms with Crippen molar-refractivity contribution in [2.45, 2.75) is 30.0 Å². The number of benzene rings is 1. The summed E-state index contributed by atoms with van der Waals surface area (Å²) in [5.74, 6) is 0. The highest BCUT2D eigenvalue weighted by Crippen LogP contribution is 2.34. The van der Waals surface area contributed by atoms with Gasteiger partial charge in [0.2, 0.25) is 10.0 Å². The minimum Gasteiger partial charge on any atom is -0.316 e. The third kappa shape index (κ3) is 3.65. The number of halogens is 3. The van der Waals surface area contributed by atoms with Crippen molar-refractivity contribution in [3.63, 3.8) is 0 Å². The molecule has 1 heterocycles. The van der Waals surface area contributed by atoms with Crippen LogP contribution in [0.15, 0.2) is 23.1 Å². The van der Waals surface area contributed by atoms with E-state index >= 15 is 0 Å². The van der Waals surface area contributed by atoms with E-state index in [2.05, 4.69) is 5.32 Å². The predicted octanol–water partition coefficient (Wildman–Crippen LogP) is 1.95. The Kier molecular flexibility index (Phi) is 4.98. The second-order valence-corrected chi connectivity index (χ2v) is 7.25. The van der Waals surface area contributed by atoms with E-state index in [0.29, 0.717) is 12.5 Å². The summed E-state index contributed by atoms with van der Waals surface area (Å²) in [4.78, 5) is -0.444. The van der Waals surface area contributed by atoms with Gasteiger partial charge in [-0.05, 0) is 38.1 Å². The topological polar surface area (TPSA) is 73.2 Å². The SMILES string of the molecule is CNC1CCCN(S(=O)(=O)c2ccc(C#N)c(C(F)(F)F)c2)C1. The number of likely N-dealkylation sites (N-methyl/N-ethyl adjacent to an activating group) is 1. The van der Waals surface area contributed by atoms with Gasteiger partial charge in [0.1, 0.15) is 0 Å². The molecule has 1 saturated heterocycles. The smallest absolute Gasteiger partial charge is 0.316 e. The average Bonchev–Trinajstić information content (AvgIpc) is 2.53. The third-order valence-electron chi connectivity index (χ3n) is 3.85. The molecule has 0 bridgehead atoms. The molecular weight excluding hydrogens is 331 g/mol. The van der Waals surface area contributed by atoms with Gasteiger partial charge in [0.25, 0.3) is 0 Å². The van der Waals surface area contributed by atoms with Gasteiger partial charge in [-0.25, -0.2) is 8.42 Å². The Labute approximate surface area is 132 Å². The summed E-state index contributed by atoms with van der Waals surface area (Å²) in [5.41, 5.74) is -1.83. The van der Waals surface area contributed by atoms with E-state index in [1.54, 1.807) is 7.05 Å². The molecule has 23 heavy (non-hydrogen) atoms. The van der Waals surface area contributed by atoms with E-state index in [1.807, 2.05) is 0 Å². The lowest BCUT2D eigenvalue weighted by atomic mass is 10.1. The molecule has 1 N–H and O–H groups in total. The van der Waals surface area contributed by atoms with Crippen LogP contribution in [0.1, 0.15) is 24.0 Å². The molecule has 5 nitrogen and oxygen atoms in total. The van der Waals surface area contributed by atoms with Gasteiger partial charge in [0.05, 0.1) is 22.1 Å². The first-order valence-electron chi connectivity index (χ1n) is 6.99. The zero-order chi connectivity index (χ0) is 17.3. The lowest BCUT2D eigenvalue weighted by molar-refractivity contribution is -0.137. The molecule has 126 valence electrons. The quantitative estimate of drug-likeness (QED) is 0.907. The fourth-order valence-electron chi connectivity index (χ4n) is 2.56. The number of nitriles is 1. The van der Waals surface area contributed by atoms with Gasteiger partial charge in [-0.15, -0.1) is 0 Å². The van der Waals surface area contributed by atoms with Gasteiger partial charge in [-0.2, -0.15) is 22.7 Å². The summed E-state index contributed by atoms with van der Waals surface area (Å²) in [5, 5.41) is 11.8. The van der Waals surface area contributed by atoms with Crippen molar-refractivity contribution in [1.29, 1.82) is 5.26 Å². The van der Waals surface area contributed by atoms with Crippen LogP contribution >= 0.6 is 0 Å². The molecule has 2 rings (SSSR count). The van der Waals surface area contributed by atoms with E-state index in [4.69, 9.17) is 5.26 Å². The summed E-state index contributed by atoms with van der Waals surface area (Å²) < 4.78 is 65.3. The predicted molar refractivity (Wildman–Crippen MR) is 77.0 cm³/mol. The molecule has 0 spiro atoms. The van der Waals surface area contributed by atoms with Crippen LogP contribution in [0.3, 0.4) is 0 Å². The standard InChI is InChI=1S/C14H16F3N3O2S/c1-19-11-3-2-6-20(9-11)23(21,22)12-5-4-10(8-18)13(7-12)14(15,16)17/h4-5,7,11,19H,2-3,6,9H2,1H3. The van der Waals surface area contributed by atoms with E-state index in [0.717, 1.165) is 18.6 Å². The number of hydrogen-bond acceptors (Lipinski definition) is 4. The first-order chi connectivity index (χ1) is 10.7. The first-order valence-corrected chi connectivity index (χ1v) is 8.43. The molecule has 0 radical (unpaired) electrons. The zero-order valence-corrected chi connectivity index (χ0v) is 13.2. The molecule has 1 atom stereocenters. The van der Waals surface area contributed by atoms with Gasteiger partial charge in [-0.1, -0.05) is 0 Å². The minimum atomic E-state index is -4.79. The van der Waals surface area contributed by atoms with Gasteiger partial charge in [0, 0.05) is 19.1 Å². The molecular formula is C14H16F3N3O2S.